The predicted octanol–water partition coefficient (Wildman–Crippen LogP) is 2.99. The molecule has 9 heteroatoms. The molecule has 0 fully saturated rings. The summed E-state index contributed by atoms with van der Waals surface area (Å²) in [5.74, 6) is -0.0481. The first-order valence-electron chi connectivity index (χ1n) is 10.1. The third-order valence-corrected chi connectivity index (χ3v) is 5.82. The van der Waals surface area contributed by atoms with E-state index in [4.69, 9.17) is 21.4 Å². The predicted molar refractivity (Wildman–Crippen MR) is 122 cm³/mol. The first-order chi connectivity index (χ1) is 15.5. The van der Waals surface area contributed by atoms with Gasteiger partial charge in [0, 0.05) is 36.3 Å². The molecule has 0 saturated carbocycles. The van der Waals surface area contributed by atoms with Crippen molar-refractivity contribution < 1.29 is 14.6 Å². The molecule has 1 N–H and O–H groups in total. The minimum atomic E-state index is -1.31. The van der Waals surface area contributed by atoms with Crippen molar-refractivity contribution in [3.8, 4) is 5.75 Å². The fourth-order valence-electron chi connectivity index (χ4n) is 3.80. The number of methoxy groups -OCH3 is 1. The number of carboxylic acid groups (broad SMARTS) is 1. The lowest BCUT2D eigenvalue weighted by Gasteiger charge is -2.27. The topological polar surface area (TPSA) is 99.5 Å². The summed E-state index contributed by atoms with van der Waals surface area (Å²) in [7, 11) is 1.55. The van der Waals surface area contributed by atoms with Crippen LogP contribution in [0, 0.1) is 0 Å². The Labute approximate surface area is 190 Å². The Morgan fingerprint density at radius 3 is 2.66 bits per heavy atom. The number of aromatic nitrogens is 2. The van der Waals surface area contributed by atoms with Crippen LogP contribution < -0.4 is 19.8 Å². The second-order valence-electron chi connectivity index (χ2n) is 7.39. The monoisotopic (exact) mass is 451 g/mol. The van der Waals surface area contributed by atoms with E-state index < -0.39 is 5.97 Å². The lowest BCUT2D eigenvalue weighted by molar-refractivity contribution is -0.254. The maximum absolute atomic E-state index is 11.8. The highest BCUT2D eigenvalue weighted by molar-refractivity contribution is 6.32. The molecule has 0 aliphatic carbocycles. The Hall–Kier alpha value is -3.49. The average Bonchev–Trinajstić information content (AvgIpc) is 3.17. The van der Waals surface area contributed by atoms with Gasteiger partial charge in [-0.3, -0.25) is 4.98 Å². The van der Waals surface area contributed by atoms with Crippen LogP contribution in [0.4, 0.5) is 11.5 Å². The molecule has 3 heterocycles. The van der Waals surface area contributed by atoms with Crippen LogP contribution in [0.15, 0.2) is 54.0 Å². The third kappa shape index (κ3) is 4.02. The normalized spacial score (nSPS) is 16.6. The van der Waals surface area contributed by atoms with Crippen LogP contribution in [0.2, 0.25) is 5.02 Å². The van der Waals surface area contributed by atoms with Crippen molar-refractivity contribution in [3.63, 3.8) is 0 Å². The standard InChI is InChI=1S/C23H22ClN5O3/c1-3-29(14-15-6-8-25-9-7-15)22-17(13-28-29)21(18(12-27-22)23(30)31)26-11-16-4-5-20(32-2)19(24)10-16/h4-10,12-13H,3,11,14H2,1-2H3,(H-,26,27,28,30,31). The molecule has 32 heavy (non-hydrogen) atoms. The van der Waals surface area contributed by atoms with Gasteiger partial charge >= 0.3 is 0 Å². The number of nitrogens with one attached hydrogen (secondary N) is 1. The van der Waals surface area contributed by atoms with Gasteiger partial charge < -0.3 is 20.0 Å². The van der Waals surface area contributed by atoms with E-state index in [1.165, 1.54) is 6.20 Å². The number of hydrogen-bond acceptors (Lipinski definition) is 7. The van der Waals surface area contributed by atoms with E-state index in [1.807, 2.05) is 25.1 Å². The van der Waals surface area contributed by atoms with Crippen molar-refractivity contribution in [1.29, 1.82) is 0 Å². The number of pyridine rings is 2. The smallest absolute Gasteiger partial charge is 0.265 e. The number of benzene rings is 1. The maximum atomic E-state index is 11.8. The van der Waals surface area contributed by atoms with E-state index in [2.05, 4.69) is 15.3 Å². The molecule has 1 aliphatic heterocycles. The summed E-state index contributed by atoms with van der Waals surface area (Å²) in [5.41, 5.74) is 2.97. The van der Waals surface area contributed by atoms with E-state index in [1.54, 1.807) is 37.9 Å². The van der Waals surface area contributed by atoms with Crippen molar-refractivity contribution in [2.24, 2.45) is 5.10 Å². The van der Waals surface area contributed by atoms with Gasteiger partial charge in [0.2, 0.25) is 0 Å². The molecule has 1 aromatic carbocycles. The molecule has 1 aliphatic rings. The van der Waals surface area contributed by atoms with Crippen LogP contribution in [-0.4, -0.2) is 35.8 Å². The zero-order valence-electron chi connectivity index (χ0n) is 17.7. The number of ether oxygens (including phenoxy) is 1. The largest absolute Gasteiger partial charge is 0.545 e. The second-order valence-corrected chi connectivity index (χ2v) is 7.80. The highest BCUT2D eigenvalue weighted by Gasteiger charge is 2.39. The molecule has 0 saturated heterocycles. The SMILES string of the molecule is CC[N+]1(Cc2ccncc2)N=Cc2c1ncc(C(=O)[O-])c2NCc1ccc(OC)c(Cl)c1. The second kappa shape index (κ2) is 8.94. The number of quaternary nitrogens is 1. The van der Waals surface area contributed by atoms with Gasteiger partial charge in [0.15, 0.2) is 0 Å². The zero-order chi connectivity index (χ0) is 22.7. The molecule has 0 spiro atoms. The molecule has 3 aromatic rings. The van der Waals surface area contributed by atoms with Crippen molar-refractivity contribution in [3.05, 3.63) is 76.2 Å². The van der Waals surface area contributed by atoms with Crippen LogP contribution in [-0.2, 0) is 13.1 Å². The Kier molecular flexibility index (Phi) is 6.07. The van der Waals surface area contributed by atoms with Crippen molar-refractivity contribution in [1.82, 2.24) is 14.6 Å². The molecule has 8 nitrogen and oxygen atoms in total. The van der Waals surface area contributed by atoms with Gasteiger partial charge in [-0.15, -0.1) is 4.59 Å². The third-order valence-electron chi connectivity index (χ3n) is 5.52. The van der Waals surface area contributed by atoms with Gasteiger partial charge in [0.25, 0.3) is 5.82 Å². The fourth-order valence-corrected chi connectivity index (χ4v) is 4.08. The van der Waals surface area contributed by atoms with E-state index in [9.17, 15) is 9.90 Å². The molecule has 0 amide bonds. The van der Waals surface area contributed by atoms with E-state index in [0.29, 0.717) is 47.5 Å². The first kappa shape index (κ1) is 21.7. The van der Waals surface area contributed by atoms with E-state index >= 15 is 0 Å². The maximum Gasteiger partial charge on any atom is 0.265 e. The first-order valence-corrected chi connectivity index (χ1v) is 10.5. The number of aromatic carboxylic acids is 1. The van der Waals surface area contributed by atoms with Gasteiger partial charge in [-0.25, -0.2) is 4.98 Å². The minimum absolute atomic E-state index is 0.0187. The summed E-state index contributed by atoms with van der Waals surface area (Å²) in [6, 6.07) is 9.28. The number of nitrogens with zero attached hydrogens (tertiary/aromatic N) is 4. The number of halogens is 1. The molecule has 4 rings (SSSR count). The zero-order valence-corrected chi connectivity index (χ0v) is 18.5. The molecular formula is C23H22ClN5O3. The molecule has 0 bridgehead atoms. The number of anilines is 1. The number of rotatable bonds is 8. The summed E-state index contributed by atoms with van der Waals surface area (Å²) in [6.07, 6.45) is 6.49. The van der Waals surface area contributed by atoms with Gasteiger partial charge in [0.05, 0.1) is 23.8 Å². The number of carbonyl (C=O) groups excluding carboxylic acids is 1. The highest BCUT2D eigenvalue weighted by Crippen LogP contribution is 2.38. The fraction of sp³-hybridized carbons (Fsp3) is 0.217. The lowest BCUT2D eigenvalue weighted by Crippen LogP contribution is -2.42. The van der Waals surface area contributed by atoms with E-state index in [0.717, 1.165) is 11.1 Å². The van der Waals surface area contributed by atoms with Crippen molar-refractivity contribution in [2.45, 2.75) is 20.0 Å². The number of carbonyl (C=O) groups is 1. The summed E-state index contributed by atoms with van der Waals surface area (Å²) < 4.78 is 5.42. The Morgan fingerprint density at radius 1 is 1.22 bits per heavy atom. The van der Waals surface area contributed by atoms with Gasteiger partial charge in [-0.2, -0.15) is 0 Å². The number of hydrogen-bond donors (Lipinski definition) is 1. The molecule has 0 radical (unpaired) electrons. The Morgan fingerprint density at radius 2 is 2.00 bits per heavy atom. The van der Waals surface area contributed by atoms with Crippen molar-refractivity contribution in [2.75, 3.05) is 19.0 Å². The molecule has 1 atom stereocenters. The average molecular weight is 452 g/mol. The quantitative estimate of drug-likeness (QED) is 0.528. The summed E-state index contributed by atoms with van der Waals surface area (Å²) in [6.45, 7) is 3.60. The molecule has 2 aromatic heterocycles. The Bertz CT molecular complexity index is 1190. The lowest BCUT2D eigenvalue weighted by atomic mass is 10.1. The van der Waals surface area contributed by atoms with Crippen LogP contribution in [0.25, 0.3) is 0 Å². The summed E-state index contributed by atoms with van der Waals surface area (Å²) >= 11 is 6.22. The van der Waals surface area contributed by atoms with Crippen LogP contribution >= 0.6 is 11.6 Å². The van der Waals surface area contributed by atoms with Crippen LogP contribution in [0.5, 0.6) is 5.75 Å². The minimum Gasteiger partial charge on any atom is -0.545 e. The van der Waals surface area contributed by atoms with Gasteiger partial charge in [0.1, 0.15) is 30.6 Å². The number of fused-ring (bicyclic) bond motifs is 1. The summed E-state index contributed by atoms with van der Waals surface area (Å²) in [4.78, 5) is 20.4. The van der Waals surface area contributed by atoms with Crippen LogP contribution in [0.1, 0.15) is 34.0 Å². The van der Waals surface area contributed by atoms with Crippen LogP contribution in [0.3, 0.4) is 0 Å². The van der Waals surface area contributed by atoms with Gasteiger partial charge in [-0.05, 0) is 36.8 Å². The van der Waals surface area contributed by atoms with Gasteiger partial charge in [-0.1, -0.05) is 22.8 Å². The number of carboxylic acids is 1. The van der Waals surface area contributed by atoms with Crippen molar-refractivity contribution >= 4 is 35.3 Å². The molecular weight excluding hydrogens is 430 g/mol. The Balaban J connectivity index is 1.69. The highest BCUT2D eigenvalue weighted by atomic mass is 35.5. The molecule has 1 unspecified atom stereocenters. The summed E-state index contributed by atoms with van der Waals surface area (Å²) in [5, 5.41) is 20.3. The molecule has 164 valence electrons. The van der Waals surface area contributed by atoms with E-state index in [-0.39, 0.29) is 10.2 Å².